The van der Waals surface area contributed by atoms with Crippen molar-refractivity contribution in [2.45, 2.75) is 39.4 Å². The van der Waals surface area contributed by atoms with E-state index in [2.05, 4.69) is 77.5 Å². The summed E-state index contributed by atoms with van der Waals surface area (Å²) in [5.41, 5.74) is 5.32. The SMILES string of the molecule is CC(C)c1nnc(CN2Cc3ccccc3-c3ccccc3C2)o1. The van der Waals surface area contributed by atoms with Crippen LogP contribution in [0, 0.1) is 0 Å². The second kappa shape index (κ2) is 6.21. The Morgan fingerprint density at radius 1 is 0.917 bits per heavy atom. The van der Waals surface area contributed by atoms with Gasteiger partial charge in [0.15, 0.2) is 0 Å². The summed E-state index contributed by atoms with van der Waals surface area (Å²) in [5.74, 6) is 1.66. The zero-order chi connectivity index (χ0) is 16.5. The van der Waals surface area contributed by atoms with Crippen LogP contribution in [0.1, 0.15) is 42.7 Å². The van der Waals surface area contributed by atoms with E-state index in [0.717, 1.165) is 13.1 Å². The van der Waals surface area contributed by atoms with E-state index in [1.54, 1.807) is 0 Å². The largest absolute Gasteiger partial charge is 0.424 e. The lowest BCUT2D eigenvalue weighted by Crippen LogP contribution is -2.21. The smallest absolute Gasteiger partial charge is 0.230 e. The van der Waals surface area contributed by atoms with Crippen molar-refractivity contribution in [3.05, 3.63) is 71.4 Å². The molecule has 1 aliphatic rings. The van der Waals surface area contributed by atoms with E-state index >= 15 is 0 Å². The summed E-state index contributed by atoms with van der Waals surface area (Å²) in [6.45, 7) is 6.56. The van der Waals surface area contributed by atoms with Gasteiger partial charge in [0.05, 0.1) is 6.54 Å². The fourth-order valence-corrected chi connectivity index (χ4v) is 3.25. The Labute approximate surface area is 142 Å². The van der Waals surface area contributed by atoms with Crippen molar-refractivity contribution in [2.24, 2.45) is 0 Å². The number of benzene rings is 2. The molecule has 0 spiro atoms. The highest BCUT2D eigenvalue weighted by Crippen LogP contribution is 2.32. The third kappa shape index (κ3) is 2.85. The van der Waals surface area contributed by atoms with Gasteiger partial charge in [-0.15, -0.1) is 10.2 Å². The van der Waals surface area contributed by atoms with Gasteiger partial charge in [0.1, 0.15) is 0 Å². The minimum Gasteiger partial charge on any atom is -0.424 e. The monoisotopic (exact) mass is 319 g/mol. The molecule has 0 saturated carbocycles. The Balaban J connectivity index is 1.67. The van der Waals surface area contributed by atoms with Crippen LogP contribution >= 0.6 is 0 Å². The standard InChI is InChI=1S/C20H21N3O/c1-14(2)20-22-21-19(24-20)13-23-11-15-7-3-5-9-17(15)18-10-6-4-8-16(18)12-23/h3-10,14H,11-13H2,1-2H3. The highest BCUT2D eigenvalue weighted by Gasteiger charge is 2.21. The van der Waals surface area contributed by atoms with Gasteiger partial charge in [-0.3, -0.25) is 4.90 Å². The zero-order valence-electron chi connectivity index (χ0n) is 14.1. The highest BCUT2D eigenvalue weighted by atomic mass is 16.4. The predicted molar refractivity (Wildman–Crippen MR) is 93.2 cm³/mol. The van der Waals surface area contributed by atoms with Crippen LogP contribution in [0.25, 0.3) is 11.1 Å². The first-order valence-corrected chi connectivity index (χ1v) is 8.41. The Kier molecular flexibility index (Phi) is 3.90. The molecule has 4 nitrogen and oxygen atoms in total. The molecule has 0 fully saturated rings. The maximum Gasteiger partial charge on any atom is 0.230 e. The van der Waals surface area contributed by atoms with Crippen molar-refractivity contribution in [3.8, 4) is 11.1 Å². The average molecular weight is 319 g/mol. The molecule has 2 heterocycles. The Morgan fingerprint density at radius 2 is 1.50 bits per heavy atom. The lowest BCUT2D eigenvalue weighted by atomic mass is 9.97. The van der Waals surface area contributed by atoms with Crippen LogP contribution in [-0.2, 0) is 19.6 Å². The highest BCUT2D eigenvalue weighted by molar-refractivity contribution is 5.71. The van der Waals surface area contributed by atoms with Crippen LogP contribution in [0.2, 0.25) is 0 Å². The van der Waals surface area contributed by atoms with E-state index in [0.29, 0.717) is 18.3 Å². The van der Waals surface area contributed by atoms with Crippen LogP contribution in [0.5, 0.6) is 0 Å². The fraction of sp³-hybridized carbons (Fsp3) is 0.300. The maximum absolute atomic E-state index is 5.80. The normalized spacial score (nSPS) is 14.3. The quantitative estimate of drug-likeness (QED) is 0.718. The minimum atomic E-state index is 0.261. The number of nitrogens with zero attached hydrogens (tertiary/aromatic N) is 3. The Morgan fingerprint density at radius 3 is 2.04 bits per heavy atom. The molecule has 3 aromatic rings. The van der Waals surface area contributed by atoms with Gasteiger partial charge in [0.25, 0.3) is 0 Å². The van der Waals surface area contributed by atoms with Gasteiger partial charge in [0, 0.05) is 19.0 Å². The first-order chi connectivity index (χ1) is 11.7. The molecule has 2 aromatic carbocycles. The predicted octanol–water partition coefficient (Wildman–Crippen LogP) is 4.38. The molecule has 4 rings (SSSR count). The molecule has 1 aromatic heterocycles. The molecule has 0 aliphatic carbocycles. The third-order valence-electron chi connectivity index (χ3n) is 4.45. The van der Waals surface area contributed by atoms with Crippen LogP contribution in [0.15, 0.2) is 52.9 Å². The molecule has 1 aliphatic heterocycles. The number of aromatic nitrogens is 2. The number of hydrogen-bond acceptors (Lipinski definition) is 4. The van der Waals surface area contributed by atoms with Crippen molar-refractivity contribution < 1.29 is 4.42 Å². The van der Waals surface area contributed by atoms with Crippen molar-refractivity contribution in [1.82, 2.24) is 15.1 Å². The van der Waals surface area contributed by atoms with Gasteiger partial charge in [-0.1, -0.05) is 62.4 Å². The summed E-state index contributed by atoms with van der Waals surface area (Å²) in [4.78, 5) is 2.36. The summed E-state index contributed by atoms with van der Waals surface area (Å²) < 4.78 is 5.80. The van der Waals surface area contributed by atoms with Gasteiger partial charge in [0.2, 0.25) is 11.8 Å². The number of rotatable bonds is 3. The summed E-state index contributed by atoms with van der Waals surface area (Å²) in [6.07, 6.45) is 0. The fourth-order valence-electron chi connectivity index (χ4n) is 3.25. The van der Waals surface area contributed by atoms with Crippen molar-refractivity contribution in [1.29, 1.82) is 0 Å². The van der Waals surface area contributed by atoms with E-state index in [-0.39, 0.29) is 5.92 Å². The molecule has 122 valence electrons. The molecule has 0 N–H and O–H groups in total. The third-order valence-corrected chi connectivity index (χ3v) is 4.45. The molecule has 4 heteroatoms. The second-order valence-electron chi connectivity index (χ2n) is 6.65. The van der Waals surface area contributed by atoms with Crippen LogP contribution in [-0.4, -0.2) is 15.1 Å². The molecule has 0 saturated heterocycles. The zero-order valence-corrected chi connectivity index (χ0v) is 14.1. The van der Waals surface area contributed by atoms with Gasteiger partial charge >= 0.3 is 0 Å². The van der Waals surface area contributed by atoms with Gasteiger partial charge in [-0.05, 0) is 22.3 Å². The van der Waals surface area contributed by atoms with Gasteiger partial charge in [-0.2, -0.15) is 0 Å². The lowest BCUT2D eigenvalue weighted by Gasteiger charge is -2.18. The maximum atomic E-state index is 5.80. The van der Waals surface area contributed by atoms with Gasteiger partial charge < -0.3 is 4.42 Å². The summed E-state index contributed by atoms with van der Waals surface area (Å²) >= 11 is 0. The first kappa shape index (κ1) is 15.1. The van der Waals surface area contributed by atoms with Crippen molar-refractivity contribution >= 4 is 0 Å². The minimum absolute atomic E-state index is 0.261. The van der Waals surface area contributed by atoms with E-state index in [9.17, 15) is 0 Å². The van der Waals surface area contributed by atoms with E-state index in [1.165, 1.54) is 22.3 Å². The summed E-state index contributed by atoms with van der Waals surface area (Å²) in [6, 6.07) is 17.3. The Bertz CT molecular complexity index is 806. The first-order valence-electron chi connectivity index (χ1n) is 8.41. The topological polar surface area (TPSA) is 42.2 Å². The summed E-state index contributed by atoms with van der Waals surface area (Å²) in [7, 11) is 0. The number of hydrogen-bond donors (Lipinski definition) is 0. The molecule has 0 atom stereocenters. The molecule has 0 bridgehead atoms. The molecule has 0 amide bonds. The van der Waals surface area contributed by atoms with Crippen LogP contribution in [0.4, 0.5) is 0 Å². The van der Waals surface area contributed by atoms with Crippen LogP contribution < -0.4 is 0 Å². The van der Waals surface area contributed by atoms with E-state index in [1.807, 2.05) is 0 Å². The van der Waals surface area contributed by atoms with Crippen molar-refractivity contribution in [3.63, 3.8) is 0 Å². The second-order valence-corrected chi connectivity index (χ2v) is 6.65. The Hall–Kier alpha value is -2.46. The van der Waals surface area contributed by atoms with E-state index < -0.39 is 0 Å². The summed E-state index contributed by atoms with van der Waals surface area (Å²) in [5, 5.41) is 8.37. The van der Waals surface area contributed by atoms with Crippen molar-refractivity contribution in [2.75, 3.05) is 0 Å². The molecule has 24 heavy (non-hydrogen) atoms. The lowest BCUT2D eigenvalue weighted by molar-refractivity contribution is 0.221. The van der Waals surface area contributed by atoms with E-state index in [4.69, 9.17) is 4.42 Å². The molecular formula is C20H21N3O. The van der Waals surface area contributed by atoms with Crippen LogP contribution in [0.3, 0.4) is 0 Å². The molecule has 0 radical (unpaired) electrons. The molecular weight excluding hydrogens is 298 g/mol. The number of fused-ring (bicyclic) bond motifs is 3. The average Bonchev–Trinajstić information content (AvgIpc) is 2.98. The van der Waals surface area contributed by atoms with Gasteiger partial charge in [-0.25, -0.2) is 0 Å². The molecule has 0 unspecified atom stereocenters.